The van der Waals surface area contributed by atoms with Crippen LogP contribution in [0.2, 0.25) is 0 Å². The third-order valence-electron chi connectivity index (χ3n) is 2.78. The van der Waals surface area contributed by atoms with Crippen LogP contribution in [0.3, 0.4) is 0 Å². The number of nitrogens with zero attached hydrogens (tertiary/aromatic N) is 1. The van der Waals surface area contributed by atoms with E-state index < -0.39 is 5.63 Å². The largest absolute Gasteiger partial charge is 0.492 e. The number of aryl methyl sites for hydroxylation is 1. The fourth-order valence-corrected chi connectivity index (χ4v) is 2.66. The molecule has 1 amide bonds. The number of benzene rings is 1. The topological polar surface area (TPSA) is 88.2 Å². The number of thioether (sulfide) groups is 1. The molecule has 7 nitrogen and oxygen atoms in total. The number of aromatic nitrogens is 2. The van der Waals surface area contributed by atoms with E-state index in [-0.39, 0.29) is 12.3 Å². The second kappa shape index (κ2) is 7.69. The summed E-state index contributed by atoms with van der Waals surface area (Å²) in [6, 6.07) is 7.27. The van der Waals surface area contributed by atoms with Crippen LogP contribution in [-0.2, 0) is 11.8 Å². The van der Waals surface area contributed by atoms with Crippen molar-refractivity contribution >= 4 is 23.4 Å². The van der Waals surface area contributed by atoms with Gasteiger partial charge in [-0.2, -0.15) is 0 Å². The third-order valence-corrected chi connectivity index (χ3v) is 3.91. The molecule has 1 aromatic heterocycles. The zero-order valence-electron chi connectivity index (χ0n) is 12.4. The van der Waals surface area contributed by atoms with Gasteiger partial charge in [0.25, 0.3) is 0 Å². The average Bonchev–Trinajstić information content (AvgIpc) is 2.81. The van der Waals surface area contributed by atoms with Gasteiger partial charge in [0.2, 0.25) is 5.91 Å². The molecular formula is C14H18N3O4S+. The van der Waals surface area contributed by atoms with Crippen molar-refractivity contribution in [2.24, 2.45) is 7.05 Å². The van der Waals surface area contributed by atoms with E-state index >= 15 is 0 Å². The Hall–Kier alpha value is -2.22. The monoisotopic (exact) mass is 324 g/mol. The molecule has 2 N–H and O–H groups in total. The highest BCUT2D eigenvalue weighted by molar-refractivity contribution is 7.99. The standard InChI is InChI=1S/C14H17N3O4S/c1-3-20-11-7-5-4-6-10(11)15-12(18)8-9-22-13-14(19)21-16-17(13)2/h4-7H,3,8-9H2,1-2H3,(H-,15,16,18,19)/p+1. The van der Waals surface area contributed by atoms with E-state index in [1.165, 1.54) is 16.4 Å². The van der Waals surface area contributed by atoms with Crippen LogP contribution >= 0.6 is 11.8 Å². The molecule has 22 heavy (non-hydrogen) atoms. The Bertz CT molecular complexity index is 695. The lowest BCUT2D eigenvalue weighted by Crippen LogP contribution is -2.33. The molecule has 8 heteroatoms. The highest BCUT2D eigenvalue weighted by atomic mass is 32.2. The number of hydrogen-bond acceptors (Lipinski definition) is 5. The van der Waals surface area contributed by atoms with Crippen LogP contribution in [0, 0.1) is 0 Å². The second-order valence-electron chi connectivity index (χ2n) is 4.42. The molecule has 0 bridgehead atoms. The molecule has 0 saturated heterocycles. The number of anilines is 1. The Morgan fingerprint density at radius 1 is 1.45 bits per heavy atom. The van der Waals surface area contributed by atoms with Gasteiger partial charge < -0.3 is 10.1 Å². The van der Waals surface area contributed by atoms with Crippen LogP contribution in [0.1, 0.15) is 13.3 Å². The fourth-order valence-electron chi connectivity index (χ4n) is 1.79. The smallest absolute Gasteiger partial charge is 0.441 e. The van der Waals surface area contributed by atoms with Gasteiger partial charge in [0, 0.05) is 12.2 Å². The Labute approximate surface area is 131 Å². The number of H-pyrrole nitrogens is 1. The number of para-hydroxylation sites is 2. The van der Waals surface area contributed by atoms with E-state index in [1.807, 2.05) is 19.1 Å². The van der Waals surface area contributed by atoms with Crippen molar-refractivity contribution in [1.82, 2.24) is 5.27 Å². The second-order valence-corrected chi connectivity index (χ2v) is 5.50. The van der Waals surface area contributed by atoms with Gasteiger partial charge in [0.05, 0.1) is 12.3 Å². The maximum Gasteiger partial charge on any atom is 0.441 e. The highest BCUT2D eigenvalue weighted by Gasteiger charge is 2.18. The minimum Gasteiger partial charge on any atom is -0.492 e. The average molecular weight is 324 g/mol. The number of aromatic amines is 1. The molecule has 0 fully saturated rings. The van der Waals surface area contributed by atoms with Crippen molar-refractivity contribution in [2.45, 2.75) is 18.4 Å². The third kappa shape index (κ3) is 4.14. The van der Waals surface area contributed by atoms with E-state index in [9.17, 15) is 9.59 Å². The SMILES string of the molecule is CCOc1ccccc1NC(=O)CCSc1c(=O)o[nH][n+]1C. The molecule has 0 aliphatic rings. The predicted octanol–water partition coefficient (Wildman–Crippen LogP) is 1.31. The quantitative estimate of drug-likeness (QED) is 0.592. The summed E-state index contributed by atoms with van der Waals surface area (Å²) in [7, 11) is 1.67. The number of carbonyl (C=O) groups excluding carboxylic acids is 1. The first-order valence-corrected chi connectivity index (χ1v) is 7.82. The first kappa shape index (κ1) is 16.2. The summed E-state index contributed by atoms with van der Waals surface area (Å²) in [5.74, 6) is 0.977. The normalized spacial score (nSPS) is 10.5. The van der Waals surface area contributed by atoms with Gasteiger partial charge in [-0.3, -0.25) is 9.32 Å². The van der Waals surface area contributed by atoms with E-state index in [4.69, 9.17) is 4.74 Å². The Morgan fingerprint density at radius 2 is 2.23 bits per heavy atom. The van der Waals surface area contributed by atoms with Crippen LogP contribution in [0.25, 0.3) is 0 Å². The van der Waals surface area contributed by atoms with Crippen LogP contribution in [0.15, 0.2) is 38.6 Å². The van der Waals surface area contributed by atoms with Gasteiger partial charge in [0.15, 0.2) is 7.05 Å². The molecule has 2 rings (SSSR count). The molecule has 1 aromatic carbocycles. The molecular weight excluding hydrogens is 306 g/mol. The van der Waals surface area contributed by atoms with E-state index in [0.29, 0.717) is 28.8 Å². The number of nitrogens with one attached hydrogen (secondary N) is 2. The van der Waals surface area contributed by atoms with Crippen molar-refractivity contribution in [3.05, 3.63) is 34.7 Å². The minimum absolute atomic E-state index is 0.137. The number of hydrogen-bond donors (Lipinski definition) is 2. The summed E-state index contributed by atoms with van der Waals surface area (Å²) in [6.45, 7) is 2.42. The maximum atomic E-state index is 12.0. The molecule has 1 heterocycles. The van der Waals surface area contributed by atoms with Crippen molar-refractivity contribution in [2.75, 3.05) is 17.7 Å². The van der Waals surface area contributed by atoms with Gasteiger partial charge in [-0.1, -0.05) is 16.8 Å². The molecule has 0 spiro atoms. The summed E-state index contributed by atoms with van der Waals surface area (Å²) in [4.78, 5) is 23.3. The lowest BCUT2D eigenvalue weighted by atomic mass is 10.3. The van der Waals surface area contributed by atoms with Crippen molar-refractivity contribution in [3.63, 3.8) is 0 Å². The molecule has 0 atom stereocenters. The number of rotatable bonds is 7. The molecule has 0 radical (unpaired) electrons. The summed E-state index contributed by atoms with van der Waals surface area (Å²) in [5, 5.41) is 5.67. The van der Waals surface area contributed by atoms with Crippen LogP contribution in [0.5, 0.6) is 5.75 Å². The van der Waals surface area contributed by atoms with Crippen LogP contribution < -0.4 is 20.4 Å². The van der Waals surface area contributed by atoms with Gasteiger partial charge in [-0.05, 0) is 36.1 Å². The minimum atomic E-state index is -0.436. The predicted molar refractivity (Wildman–Crippen MR) is 82.1 cm³/mol. The molecule has 0 aliphatic heterocycles. The molecule has 0 aliphatic carbocycles. The van der Waals surface area contributed by atoms with E-state index in [2.05, 4.69) is 15.1 Å². The Morgan fingerprint density at radius 3 is 2.91 bits per heavy atom. The first-order chi connectivity index (χ1) is 10.6. The Kier molecular flexibility index (Phi) is 5.65. The summed E-state index contributed by atoms with van der Waals surface area (Å²) >= 11 is 1.27. The van der Waals surface area contributed by atoms with Crippen molar-refractivity contribution in [3.8, 4) is 5.75 Å². The lowest BCUT2D eigenvalue weighted by molar-refractivity contribution is -0.772. The summed E-state index contributed by atoms with van der Waals surface area (Å²) in [6.07, 6.45) is 0.274. The zero-order valence-corrected chi connectivity index (χ0v) is 13.2. The van der Waals surface area contributed by atoms with Gasteiger partial charge in [-0.15, -0.1) is 0 Å². The molecule has 0 unspecified atom stereocenters. The fraction of sp³-hybridized carbons (Fsp3) is 0.357. The van der Waals surface area contributed by atoms with Gasteiger partial charge in [0.1, 0.15) is 5.75 Å². The maximum absolute atomic E-state index is 12.0. The number of amides is 1. The van der Waals surface area contributed by atoms with Crippen LogP contribution in [-0.4, -0.2) is 23.5 Å². The van der Waals surface area contributed by atoms with Crippen molar-refractivity contribution in [1.29, 1.82) is 0 Å². The van der Waals surface area contributed by atoms with Gasteiger partial charge in [-0.25, -0.2) is 4.79 Å². The van der Waals surface area contributed by atoms with E-state index in [1.54, 1.807) is 19.2 Å². The van der Waals surface area contributed by atoms with Crippen molar-refractivity contribution < 1.29 is 18.7 Å². The number of ether oxygens (including phenoxy) is 1. The molecule has 2 aromatic rings. The summed E-state index contributed by atoms with van der Waals surface area (Å²) < 4.78 is 11.6. The van der Waals surface area contributed by atoms with E-state index in [0.717, 1.165) is 0 Å². The lowest BCUT2D eigenvalue weighted by Gasteiger charge is -2.10. The molecule has 0 saturated carbocycles. The number of carbonyl (C=O) groups is 1. The van der Waals surface area contributed by atoms with Crippen LogP contribution in [0.4, 0.5) is 5.69 Å². The summed E-state index contributed by atoms with van der Waals surface area (Å²) in [5.41, 5.74) is 0.209. The molecule has 118 valence electrons. The highest BCUT2D eigenvalue weighted by Crippen LogP contribution is 2.24. The Balaban J connectivity index is 1.87. The van der Waals surface area contributed by atoms with Gasteiger partial charge >= 0.3 is 10.7 Å². The first-order valence-electron chi connectivity index (χ1n) is 6.83. The zero-order chi connectivity index (χ0) is 15.9.